The van der Waals surface area contributed by atoms with E-state index in [0.29, 0.717) is 22.9 Å². The van der Waals surface area contributed by atoms with Crippen LogP contribution in [0.2, 0.25) is 0 Å². The van der Waals surface area contributed by atoms with Gasteiger partial charge in [-0.05, 0) is 36.2 Å². The Kier molecular flexibility index (Phi) is 4.65. The lowest BCUT2D eigenvalue weighted by molar-refractivity contribution is -0.136. The lowest BCUT2D eigenvalue weighted by Gasteiger charge is -2.18. The Morgan fingerprint density at radius 2 is 2.08 bits per heavy atom. The fourth-order valence-electron chi connectivity index (χ4n) is 2.28. The first-order valence-corrected chi connectivity index (χ1v) is 7.63. The van der Waals surface area contributed by atoms with Crippen LogP contribution in [0.3, 0.4) is 0 Å². The second kappa shape index (κ2) is 7.04. The summed E-state index contributed by atoms with van der Waals surface area (Å²) in [6, 6.07) is 12.3. The van der Waals surface area contributed by atoms with Gasteiger partial charge < -0.3 is 19.5 Å². The van der Waals surface area contributed by atoms with Crippen LogP contribution in [0, 0.1) is 0 Å². The number of carbonyl (C=O) groups is 2. The number of aryl methyl sites for hydroxylation is 1. The zero-order chi connectivity index (χ0) is 16.9. The minimum atomic E-state index is -0.528. The summed E-state index contributed by atoms with van der Waals surface area (Å²) in [5.74, 6) is 0.708. The van der Waals surface area contributed by atoms with Crippen molar-refractivity contribution in [3.63, 3.8) is 0 Å². The van der Waals surface area contributed by atoms with Crippen LogP contribution in [0.15, 0.2) is 42.5 Å². The van der Waals surface area contributed by atoms with E-state index in [4.69, 9.17) is 14.2 Å². The van der Waals surface area contributed by atoms with Crippen molar-refractivity contribution in [3.05, 3.63) is 48.0 Å². The lowest BCUT2D eigenvalue weighted by atomic mass is 10.2. The highest BCUT2D eigenvalue weighted by Gasteiger charge is 2.17. The average Bonchev–Trinajstić information content (AvgIpc) is 2.60. The molecular weight excluding hydrogens is 310 g/mol. The Balaban J connectivity index is 1.58. The van der Waals surface area contributed by atoms with Gasteiger partial charge >= 0.3 is 5.97 Å². The number of nitrogens with one attached hydrogen (secondary N) is 1. The maximum absolute atomic E-state index is 11.9. The number of hydrogen-bond donors (Lipinski definition) is 1. The Labute approximate surface area is 139 Å². The van der Waals surface area contributed by atoms with E-state index in [2.05, 4.69) is 5.32 Å². The second-order valence-electron chi connectivity index (χ2n) is 5.26. The van der Waals surface area contributed by atoms with Crippen molar-refractivity contribution in [3.8, 4) is 17.2 Å². The molecule has 1 aliphatic rings. The molecule has 1 aliphatic heterocycles. The number of amides is 1. The number of rotatable bonds is 5. The van der Waals surface area contributed by atoms with Crippen LogP contribution in [0.1, 0.15) is 12.5 Å². The van der Waals surface area contributed by atoms with Crippen LogP contribution in [0.25, 0.3) is 0 Å². The van der Waals surface area contributed by atoms with Gasteiger partial charge in [0.05, 0.1) is 5.69 Å². The van der Waals surface area contributed by atoms with Crippen molar-refractivity contribution in [1.29, 1.82) is 0 Å². The number of esters is 1. The Morgan fingerprint density at radius 3 is 2.92 bits per heavy atom. The molecule has 1 amide bonds. The maximum Gasteiger partial charge on any atom is 0.349 e. The van der Waals surface area contributed by atoms with Crippen LogP contribution in [0.4, 0.5) is 5.69 Å². The monoisotopic (exact) mass is 327 g/mol. The molecule has 0 unspecified atom stereocenters. The Morgan fingerprint density at radius 1 is 1.21 bits per heavy atom. The molecule has 3 rings (SSSR count). The van der Waals surface area contributed by atoms with Crippen LogP contribution >= 0.6 is 0 Å². The number of carbonyl (C=O) groups excluding carboxylic acids is 2. The molecule has 2 aromatic rings. The van der Waals surface area contributed by atoms with Crippen molar-refractivity contribution in [2.24, 2.45) is 0 Å². The van der Waals surface area contributed by atoms with Gasteiger partial charge in [-0.15, -0.1) is 0 Å². The third kappa shape index (κ3) is 3.84. The molecule has 24 heavy (non-hydrogen) atoms. The van der Waals surface area contributed by atoms with Crippen LogP contribution in [-0.2, 0) is 16.0 Å². The highest BCUT2D eigenvalue weighted by atomic mass is 16.6. The number of anilines is 1. The number of ether oxygens (including phenoxy) is 3. The summed E-state index contributed by atoms with van der Waals surface area (Å²) in [5.41, 5.74) is 1.61. The standard InChI is InChI=1S/C18H17NO5/c1-2-12-4-3-5-13(8-12)22-11-18(21)24-14-6-7-16-15(9-14)19-17(20)10-23-16/h3-9H,2,10-11H2,1H3,(H,19,20). The molecule has 124 valence electrons. The first-order valence-electron chi connectivity index (χ1n) is 7.63. The fraction of sp³-hybridized carbons (Fsp3) is 0.222. The fourth-order valence-corrected chi connectivity index (χ4v) is 2.28. The van der Waals surface area contributed by atoms with Gasteiger partial charge in [-0.1, -0.05) is 19.1 Å². The number of benzene rings is 2. The molecule has 0 bridgehead atoms. The van der Waals surface area contributed by atoms with E-state index < -0.39 is 5.97 Å². The van der Waals surface area contributed by atoms with Crippen molar-refractivity contribution in [2.75, 3.05) is 18.5 Å². The zero-order valence-electron chi connectivity index (χ0n) is 13.2. The largest absolute Gasteiger partial charge is 0.482 e. The van der Waals surface area contributed by atoms with E-state index in [1.54, 1.807) is 24.3 Å². The van der Waals surface area contributed by atoms with Gasteiger partial charge in [-0.25, -0.2) is 4.79 Å². The average molecular weight is 327 g/mol. The normalized spacial score (nSPS) is 12.6. The summed E-state index contributed by atoms with van der Waals surface area (Å²) in [5, 5.41) is 2.66. The van der Waals surface area contributed by atoms with Crippen molar-refractivity contribution < 1.29 is 23.8 Å². The Bertz CT molecular complexity index is 772. The van der Waals surface area contributed by atoms with Crippen LogP contribution in [0.5, 0.6) is 17.2 Å². The molecule has 0 atom stereocenters. The molecule has 0 saturated heterocycles. The lowest BCUT2D eigenvalue weighted by Crippen LogP contribution is -2.25. The smallest absolute Gasteiger partial charge is 0.349 e. The predicted molar refractivity (Wildman–Crippen MR) is 87.5 cm³/mol. The van der Waals surface area contributed by atoms with Crippen LogP contribution < -0.4 is 19.5 Å². The quantitative estimate of drug-likeness (QED) is 0.675. The van der Waals surface area contributed by atoms with E-state index in [1.807, 2.05) is 25.1 Å². The van der Waals surface area contributed by atoms with E-state index in [-0.39, 0.29) is 19.1 Å². The summed E-state index contributed by atoms with van der Waals surface area (Å²) in [6.45, 7) is 1.83. The van der Waals surface area contributed by atoms with Gasteiger partial charge in [-0.2, -0.15) is 0 Å². The van der Waals surface area contributed by atoms with Gasteiger partial charge in [0.2, 0.25) is 0 Å². The number of hydrogen-bond acceptors (Lipinski definition) is 5. The molecule has 1 heterocycles. The van der Waals surface area contributed by atoms with Gasteiger partial charge in [0.25, 0.3) is 5.91 Å². The molecule has 6 nitrogen and oxygen atoms in total. The molecule has 0 aromatic heterocycles. The first-order chi connectivity index (χ1) is 11.6. The minimum absolute atomic E-state index is 0.0171. The molecule has 2 aromatic carbocycles. The Hall–Kier alpha value is -3.02. The molecule has 0 fully saturated rings. The highest BCUT2D eigenvalue weighted by molar-refractivity contribution is 5.95. The molecule has 0 radical (unpaired) electrons. The van der Waals surface area contributed by atoms with Gasteiger partial charge in [0, 0.05) is 6.07 Å². The third-order valence-electron chi connectivity index (χ3n) is 3.48. The van der Waals surface area contributed by atoms with E-state index in [0.717, 1.165) is 12.0 Å². The highest BCUT2D eigenvalue weighted by Crippen LogP contribution is 2.31. The molecule has 0 saturated carbocycles. The second-order valence-corrected chi connectivity index (χ2v) is 5.26. The number of fused-ring (bicyclic) bond motifs is 1. The van der Waals surface area contributed by atoms with E-state index in [9.17, 15) is 9.59 Å². The molecule has 0 spiro atoms. The summed E-state index contributed by atoms with van der Waals surface area (Å²) in [7, 11) is 0. The van der Waals surface area contributed by atoms with Gasteiger partial charge in [-0.3, -0.25) is 4.79 Å². The minimum Gasteiger partial charge on any atom is -0.482 e. The molecule has 6 heteroatoms. The third-order valence-corrected chi connectivity index (χ3v) is 3.48. The van der Waals surface area contributed by atoms with Gasteiger partial charge in [0.15, 0.2) is 13.2 Å². The van der Waals surface area contributed by atoms with Crippen molar-refractivity contribution in [2.45, 2.75) is 13.3 Å². The van der Waals surface area contributed by atoms with Crippen molar-refractivity contribution >= 4 is 17.6 Å². The van der Waals surface area contributed by atoms with Gasteiger partial charge in [0.1, 0.15) is 17.2 Å². The molecular formula is C18H17NO5. The topological polar surface area (TPSA) is 73.9 Å². The van der Waals surface area contributed by atoms with Crippen LogP contribution in [-0.4, -0.2) is 25.1 Å². The molecule has 1 N–H and O–H groups in total. The zero-order valence-corrected chi connectivity index (χ0v) is 13.2. The summed E-state index contributed by atoms with van der Waals surface area (Å²) >= 11 is 0. The first kappa shape index (κ1) is 15.9. The van der Waals surface area contributed by atoms with Crippen molar-refractivity contribution in [1.82, 2.24) is 0 Å². The molecule has 0 aliphatic carbocycles. The summed E-state index contributed by atoms with van der Waals surface area (Å²) in [4.78, 5) is 23.2. The maximum atomic E-state index is 11.9. The summed E-state index contributed by atoms with van der Waals surface area (Å²) in [6.07, 6.45) is 0.893. The van der Waals surface area contributed by atoms with E-state index >= 15 is 0 Å². The summed E-state index contributed by atoms with van der Waals surface area (Å²) < 4.78 is 15.9. The SMILES string of the molecule is CCc1cccc(OCC(=O)Oc2ccc3c(c2)NC(=O)CO3)c1. The van der Waals surface area contributed by atoms with E-state index in [1.165, 1.54) is 0 Å². The predicted octanol–water partition coefficient (Wildman–Crippen LogP) is 2.56.